The molecular formula is C16H24N2. The summed E-state index contributed by atoms with van der Waals surface area (Å²) in [6, 6.07) is 7.82. The second kappa shape index (κ2) is 5.02. The van der Waals surface area contributed by atoms with E-state index in [-0.39, 0.29) is 0 Å². The Balaban J connectivity index is 1.90. The predicted molar refractivity (Wildman–Crippen MR) is 76.0 cm³/mol. The molecule has 2 unspecified atom stereocenters. The van der Waals surface area contributed by atoms with E-state index in [1.807, 2.05) is 0 Å². The normalized spacial score (nSPS) is 28.3. The lowest BCUT2D eigenvalue weighted by Crippen LogP contribution is -2.44. The third-order valence-electron chi connectivity index (χ3n) is 4.62. The lowest BCUT2D eigenvalue weighted by molar-refractivity contribution is 0.170. The van der Waals surface area contributed by atoms with Crippen molar-refractivity contribution in [3.8, 4) is 0 Å². The molecule has 2 atom stereocenters. The van der Waals surface area contributed by atoms with E-state index in [1.54, 1.807) is 11.1 Å². The van der Waals surface area contributed by atoms with Crippen LogP contribution in [-0.2, 0) is 6.42 Å². The zero-order valence-electron chi connectivity index (χ0n) is 11.6. The van der Waals surface area contributed by atoms with E-state index in [0.717, 1.165) is 25.4 Å². The van der Waals surface area contributed by atoms with E-state index in [0.29, 0.717) is 6.04 Å². The number of aryl methyl sites for hydroxylation is 1. The van der Waals surface area contributed by atoms with E-state index in [2.05, 4.69) is 42.3 Å². The summed E-state index contributed by atoms with van der Waals surface area (Å²) in [5, 5.41) is 3.45. The Morgan fingerprint density at radius 2 is 2.00 bits per heavy atom. The van der Waals surface area contributed by atoms with Crippen molar-refractivity contribution in [1.82, 2.24) is 10.2 Å². The van der Waals surface area contributed by atoms with Gasteiger partial charge in [0.15, 0.2) is 0 Å². The van der Waals surface area contributed by atoms with Crippen molar-refractivity contribution in [2.45, 2.75) is 38.6 Å². The fourth-order valence-corrected chi connectivity index (χ4v) is 3.51. The molecule has 18 heavy (non-hydrogen) atoms. The SMILES string of the molecule is CCc1ccc2c(c1)C(N1CCNCC1)CC2C. The van der Waals surface area contributed by atoms with Crippen LogP contribution in [0.2, 0.25) is 0 Å². The van der Waals surface area contributed by atoms with Crippen LogP contribution in [0.3, 0.4) is 0 Å². The van der Waals surface area contributed by atoms with Crippen LogP contribution in [0.4, 0.5) is 0 Å². The molecule has 0 radical (unpaired) electrons. The van der Waals surface area contributed by atoms with E-state index < -0.39 is 0 Å². The molecule has 98 valence electrons. The summed E-state index contributed by atoms with van der Waals surface area (Å²) in [4.78, 5) is 2.68. The van der Waals surface area contributed by atoms with Gasteiger partial charge in [0.25, 0.3) is 0 Å². The van der Waals surface area contributed by atoms with Crippen molar-refractivity contribution < 1.29 is 0 Å². The summed E-state index contributed by atoms with van der Waals surface area (Å²) in [5.74, 6) is 0.728. The topological polar surface area (TPSA) is 15.3 Å². The molecule has 2 nitrogen and oxygen atoms in total. The van der Waals surface area contributed by atoms with Crippen LogP contribution in [0.15, 0.2) is 18.2 Å². The van der Waals surface area contributed by atoms with Crippen LogP contribution in [-0.4, -0.2) is 31.1 Å². The molecule has 0 aromatic heterocycles. The molecule has 1 aliphatic carbocycles. The number of fused-ring (bicyclic) bond motifs is 1. The zero-order chi connectivity index (χ0) is 12.5. The van der Waals surface area contributed by atoms with Gasteiger partial charge in [-0.3, -0.25) is 4.90 Å². The van der Waals surface area contributed by atoms with Gasteiger partial charge >= 0.3 is 0 Å². The van der Waals surface area contributed by atoms with Crippen molar-refractivity contribution in [2.75, 3.05) is 26.2 Å². The van der Waals surface area contributed by atoms with E-state index in [9.17, 15) is 0 Å². The number of hydrogen-bond acceptors (Lipinski definition) is 2. The first-order chi connectivity index (χ1) is 8.79. The summed E-state index contributed by atoms with van der Waals surface area (Å²) in [6.45, 7) is 9.33. The molecule has 1 fully saturated rings. The summed E-state index contributed by atoms with van der Waals surface area (Å²) < 4.78 is 0. The molecule has 1 heterocycles. The second-order valence-electron chi connectivity index (χ2n) is 5.76. The fourth-order valence-electron chi connectivity index (χ4n) is 3.51. The van der Waals surface area contributed by atoms with E-state index >= 15 is 0 Å². The Morgan fingerprint density at radius 3 is 2.72 bits per heavy atom. The maximum Gasteiger partial charge on any atom is 0.0357 e. The molecular weight excluding hydrogens is 220 g/mol. The van der Waals surface area contributed by atoms with Crippen LogP contribution in [0, 0.1) is 0 Å². The van der Waals surface area contributed by atoms with Gasteiger partial charge in [0.1, 0.15) is 0 Å². The average molecular weight is 244 g/mol. The van der Waals surface area contributed by atoms with Gasteiger partial charge in [-0.25, -0.2) is 0 Å². The molecule has 0 saturated carbocycles. The predicted octanol–water partition coefficient (Wildman–Crippen LogP) is 2.70. The quantitative estimate of drug-likeness (QED) is 0.860. The summed E-state index contributed by atoms with van der Waals surface area (Å²) in [6.07, 6.45) is 2.46. The van der Waals surface area contributed by atoms with Gasteiger partial charge in [-0.2, -0.15) is 0 Å². The highest BCUT2D eigenvalue weighted by molar-refractivity contribution is 5.40. The summed E-state index contributed by atoms with van der Waals surface area (Å²) in [5.41, 5.74) is 4.70. The monoisotopic (exact) mass is 244 g/mol. The number of nitrogens with zero attached hydrogens (tertiary/aromatic N) is 1. The van der Waals surface area contributed by atoms with Gasteiger partial charge < -0.3 is 5.32 Å². The van der Waals surface area contributed by atoms with E-state index in [4.69, 9.17) is 0 Å². The second-order valence-corrected chi connectivity index (χ2v) is 5.76. The number of piperazine rings is 1. The minimum Gasteiger partial charge on any atom is -0.314 e. The Morgan fingerprint density at radius 1 is 1.22 bits per heavy atom. The van der Waals surface area contributed by atoms with Crippen molar-refractivity contribution in [3.63, 3.8) is 0 Å². The average Bonchev–Trinajstić information content (AvgIpc) is 2.76. The lowest BCUT2D eigenvalue weighted by Gasteiger charge is -2.33. The summed E-state index contributed by atoms with van der Waals surface area (Å²) >= 11 is 0. The lowest BCUT2D eigenvalue weighted by atomic mass is 10.00. The Bertz CT molecular complexity index is 421. The maximum absolute atomic E-state index is 3.45. The van der Waals surface area contributed by atoms with Gasteiger partial charge in [-0.15, -0.1) is 0 Å². The van der Waals surface area contributed by atoms with Crippen molar-refractivity contribution >= 4 is 0 Å². The molecule has 3 rings (SSSR count). The maximum atomic E-state index is 3.45. The number of nitrogens with one attached hydrogen (secondary N) is 1. The first-order valence-corrected chi connectivity index (χ1v) is 7.37. The van der Waals surface area contributed by atoms with Crippen molar-refractivity contribution in [2.24, 2.45) is 0 Å². The highest BCUT2D eigenvalue weighted by Gasteiger charge is 2.32. The zero-order valence-corrected chi connectivity index (χ0v) is 11.6. The number of rotatable bonds is 2. The van der Waals surface area contributed by atoms with Gasteiger partial charge in [0.05, 0.1) is 0 Å². The third kappa shape index (κ3) is 2.08. The highest BCUT2D eigenvalue weighted by atomic mass is 15.2. The fraction of sp³-hybridized carbons (Fsp3) is 0.625. The standard InChI is InChI=1S/C16H24N2/c1-3-13-4-5-14-12(2)10-16(15(14)11-13)18-8-6-17-7-9-18/h4-5,11-12,16-17H,3,6-10H2,1-2H3. The first kappa shape index (κ1) is 12.2. The third-order valence-corrected chi connectivity index (χ3v) is 4.62. The minimum atomic E-state index is 0.670. The van der Waals surface area contributed by atoms with Crippen LogP contribution in [0.5, 0.6) is 0 Å². The molecule has 1 aliphatic heterocycles. The van der Waals surface area contributed by atoms with Gasteiger partial charge in [-0.05, 0) is 35.4 Å². The van der Waals surface area contributed by atoms with Crippen molar-refractivity contribution in [1.29, 1.82) is 0 Å². The Hall–Kier alpha value is -0.860. The largest absolute Gasteiger partial charge is 0.314 e. The van der Waals surface area contributed by atoms with Gasteiger partial charge in [0.2, 0.25) is 0 Å². The van der Waals surface area contributed by atoms with E-state index in [1.165, 1.54) is 25.1 Å². The molecule has 2 heteroatoms. The van der Waals surface area contributed by atoms with Gasteiger partial charge in [-0.1, -0.05) is 32.0 Å². The highest BCUT2D eigenvalue weighted by Crippen LogP contribution is 2.43. The molecule has 1 N–H and O–H groups in total. The minimum absolute atomic E-state index is 0.670. The molecule has 0 bridgehead atoms. The molecule has 1 aromatic carbocycles. The van der Waals surface area contributed by atoms with Gasteiger partial charge in [0, 0.05) is 32.2 Å². The Labute approximate surface area is 110 Å². The summed E-state index contributed by atoms with van der Waals surface area (Å²) in [7, 11) is 0. The molecule has 0 amide bonds. The number of hydrogen-bond donors (Lipinski definition) is 1. The number of benzene rings is 1. The molecule has 1 aromatic rings. The van der Waals surface area contributed by atoms with Crippen molar-refractivity contribution in [3.05, 3.63) is 34.9 Å². The molecule has 2 aliphatic rings. The Kier molecular flexibility index (Phi) is 3.40. The van der Waals surface area contributed by atoms with Crippen LogP contribution in [0.1, 0.15) is 48.9 Å². The first-order valence-electron chi connectivity index (χ1n) is 7.37. The molecule has 1 saturated heterocycles. The van der Waals surface area contributed by atoms with Crippen LogP contribution >= 0.6 is 0 Å². The smallest absolute Gasteiger partial charge is 0.0357 e. The molecule has 0 spiro atoms. The van der Waals surface area contributed by atoms with Crippen LogP contribution < -0.4 is 5.32 Å². The van der Waals surface area contributed by atoms with Crippen LogP contribution in [0.25, 0.3) is 0 Å².